The maximum atomic E-state index is 5.68. The number of hydrogen-bond donors (Lipinski definition) is 0. The van der Waals surface area contributed by atoms with Gasteiger partial charge in [-0.15, -0.1) is 0 Å². The van der Waals surface area contributed by atoms with Gasteiger partial charge in [-0.05, 0) is 43.7 Å². The zero-order chi connectivity index (χ0) is 11.7. The van der Waals surface area contributed by atoms with Gasteiger partial charge >= 0.3 is 0 Å². The largest absolute Gasteiger partial charge is 0.315 e. The summed E-state index contributed by atoms with van der Waals surface area (Å²) in [5.41, 5.74) is 5.27. The highest BCUT2D eigenvalue weighted by molar-refractivity contribution is 6.32. The first kappa shape index (κ1) is 10.8. The van der Waals surface area contributed by atoms with E-state index in [4.69, 9.17) is 7.85 Å². The molecule has 1 nitrogen and oxygen atoms in total. The predicted octanol–water partition coefficient (Wildman–Crippen LogP) is 2.66. The topological polar surface area (TPSA) is 3.24 Å². The summed E-state index contributed by atoms with van der Waals surface area (Å²) in [6.07, 6.45) is 4.22. The first-order valence-electron chi connectivity index (χ1n) is 5.29. The van der Waals surface area contributed by atoms with Crippen LogP contribution >= 0.6 is 0 Å². The highest BCUT2D eigenvalue weighted by Gasteiger charge is 2.14. The lowest BCUT2D eigenvalue weighted by Gasteiger charge is -2.29. The Morgan fingerprint density at radius 2 is 1.69 bits per heavy atom. The molecule has 2 rings (SSSR count). The van der Waals surface area contributed by atoms with Gasteiger partial charge in [-0.25, -0.2) is 0 Å². The van der Waals surface area contributed by atoms with E-state index in [9.17, 15) is 0 Å². The van der Waals surface area contributed by atoms with Gasteiger partial charge < -0.3 is 4.90 Å². The molecular formula is C14H14BN. The summed E-state index contributed by atoms with van der Waals surface area (Å²) in [5.74, 6) is 0. The van der Waals surface area contributed by atoms with E-state index < -0.39 is 0 Å². The summed E-state index contributed by atoms with van der Waals surface area (Å²) >= 11 is 0. The molecule has 0 fully saturated rings. The minimum atomic E-state index is 0.778. The van der Waals surface area contributed by atoms with Crippen molar-refractivity contribution in [2.24, 2.45) is 0 Å². The Morgan fingerprint density at radius 3 is 2.25 bits per heavy atom. The Hall–Kier alpha value is -1.70. The van der Waals surface area contributed by atoms with Crippen molar-refractivity contribution >= 4 is 19.0 Å². The zero-order valence-electron chi connectivity index (χ0n) is 9.70. The number of allylic oxidation sites excluding steroid dienone is 4. The van der Waals surface area contributed by atoms with Crippen molar-refractivity contribution in [3.05, 3.63) is 60.0 Å². The number of rotatable bonds is 1. The van der Waals surface area contributed by atoms with Crippen molar-refractivity contribution in [3.63, 3.8) is 0 Å². The Labute approximate surface area is 98.2 Å². The van der Waals surface area contributed by atoms with Gasteiger partial charge in [0.05, 0.1) is 0 Å². The van der Waals surface area contributed by atoms with Crippen LogP contribution in [0.1, 0.15) is 13.8 Å². The third-order valence-corrected chi connectivity index (χ3v) is 2.62. The molecule has 1 aliphatic heterocycles. The lowest BCUT2D eigenvalue weighted by atomic mass is 9.96. The van der Waals surface area contributed by atoms with Crippen LogP contribution < -0.4 is 10.4 Å². The van der Waals surface area contributed by atoms with E-state index in [-0.39, 0.29) is 0 Å². The maximum absolute atomic E-state index is 5.68. The first-order chi connectivity index (χ1) is 7.58. The van der Waals surface area contributed by atoms with Crippen molar-refractivity contribution in [1.29, 1.82) is 0 Å². The summed E-state index contributed by atoms with van der Waals surface area (Å²) < 4.78 is 0. The fraction of sp³-hybridized carbons (Fsp3) is 0.143. The Kier molecular flexibility index (Phi) is 2.74. The fourth-order valence-corrected chi connectivity index (χ4v) is 1.98. The van der Waals surface area contributed by atoms with Crippen LogP contribution in [0.15, 0.2) is 60.0 Å². The molecule has 1 aliphatic rings. The molecule has 0 amide bonds. The van der Waals surface area contributed by atoms with Crippen LogP contribution in [0.3, 0.4) is 0 Å². The van der Waals surface area contributed by atoms with Gasteiger partial charge in [-0.3, -0.25) is 0 Å². The molecule has 16 heavy (non-hydrogen) atoms. The second kappa shape index (κ2) is 4.05. The minimum absolute atomic E-state index is 0.778. The number of hydrogen-bond acceptors (Lipinski definition) is 1. The van der Waals surface area contributed by atoms with Gasteiger partial charge in [0.25, 0.3) is 0 Å². The molecule has 0 saturated heterocycles. The third kappa shape index (κ3) is 1.96. The SMILES string of the molecule is [B]c1ccc(N2C(=C)C=C(C)C=C2C)cc1. The van der Waals surface area contributed by atoms with Crippen LogP contribution in [-0.4, -0.2) is 7.85 Å². The third-order valence-electron chi connectivity index (χ3n) is 2.62. The highest BCUT2D eigenvalue weighted by Crippen LogP contribution is 2.28. The second-order valence-electron chi connectivity index (χ2n) is 4.09. The molecule has 1 heterocycles. The zero-order valence-corrected chi connectivity index (χ0v) is 9.70. The van der Waals surface area contributed by atoms with Crippen LogP contribution in [0.2, 0.25) is 0 Å². The lowest BCUT2D eigenvalue weighted by molar-refractivity contribution is 1.07. The number of nitrogens with zero attached hydrogens (tertiary/aromatic N) is 1. The molecule has 0 unspecified atom stereocenters. The van der Waals surface area contributed by atoms with Crippen molar-refractivity contribution in [2.45, 2.75) is 13.8 Å². The molecule has 0 aliphatic carbocycles. The standard InChI is InChI=1S/C14H14BN/c1-10-8-11(2)16(12(3)9-10)14-6-4-13(15)5-7-14/h4-9H,2H2,1,3H3. The van der Waals surface area contributed by atoms with E-state index in [0.717, 1.165) is 16.8 Å². The normalized spacial score (nSPS) is 15.9. The lowest BCUT2D eigenvalue weighted by Crippen LogP contribution is -2.21. The molecule has 0 saturated carbocycles. The molecule has 1 aromatic carbocycles. The summed E-state index contributed by atoms with van der Waals surface area (Å²) in [7, 11) is 5.68. The minimum Gasteiger partial charge on any atom is -0.315 e. The van der Waals surface area contributed by atoms with E-state index in [1.807, 2.05) is 24.3 Å². The molecule has 0 spiro atoms. The van der Waals surface area contributed by atoms with Gasteiger partial charge in [-0.2, -0.15) is 0 Å². The first-order valence-corrected chi connectivity index (χ1v) is 5.29. The summed E-state index contributed by atoms with van der Waals surface area (Å²) in [4.78, 5) is 2.12. The quantitative estimate of drug-likeness (QED) is 0.640. The Balaban J connectivity index is 2.39. The number of benzene rings is 1. The van der Waals surface area contributed by atoms with Crippen molar-refractivity contribution in [3.8, 4) is 0 Å². The highest BCUT2D eigenvalue weighted by atomic mass is 15.1. The van der Waals surface area contributed by atoms with Gasteiger partial charge in [0.2, 0.25) is 0 Å². The Morgan fingerprint density at radius 1 is 1.06 bits per heavy atom. The summed E-state index contributed by atoms with van der Waals surface area (Å²) in [5, 5.41) is 0. The molecule has 0 aromatic heterocycles. The van der Waals surface area contributed by atoms with Crippen LogP contribution in [0.25, 0.3) is 0 Å². The average molecular weight is 207 g/mol. The second-order valence-corrected chi connectivity index (χ2v) is 4.09. The van der Waals surface area contributed by atoms with Crippen LogP contribution in [0, 0.1) is 0 Å². The van der Waals surface area contributed by atoms with E-state index in [2.05, 4.69) is 37.5 Å². The van der Waals surface area contributed by atoms with E-state index in [1.165, 1.54) is 11.3 Å². The molecule has 2 radical (unpaired) electrons. The summed E-state index contributed by atoms with van der Waals surface area (Å²) in [6, 6.07) is 7.82. The van der Waals surface area contributed by atoms with E-state index in [1.54, 1.807) is 0 Å². The molecule has 1 aromatic rings. The molecule has 2 heteroatoms. The van der Waals surface area contributed by atoms with Crippen LogP contribution in [0.5, 0.6) is 0 Å². The fourth-order valence-electron chi connectivity index (χ4n) is 1.98. The van der Waals surface area contributed by atoms with Gasteiger partial charge in [0.15, 0.2) is 0 Å². The molecule has 0 atom stereocenters. The average Bonchev–Trinajstić information content (AvgIpc) is 2.19. The molecule has 0 bridgehead atoms. The predicted molar refractivity (Wildman–Crippen MR) is 71.0 cm³/mol. The van der Waals surface area contributed by atoms with Gasteiger partial charge in [0.1, 0.15) is 7.85 Å². The number of anilines is 1. The molecule has 78 valence electrons. The smallest absolute Gasteiger partial charge is 0.113 e. The van der Waals surface area contributed by atoms with Crippen LogP contribution in [0.4, 0.5) is 5.69 Å². The van der Waals surface area contributed by atoms with Crippen molar-refractivity contribution < 1.29 is 0 Å². The van der Waals surface area contributed by atoms with Gasteiger partial charge in [0, 0.05) is 17.1 Å². The Bertz CT molecular complexity index is 480. The van der Waals surface area contributed by atoms with E-state index in [0.29, 0.717) is 0 Å². The van der Waals surface area contributed by atoms with E-state index >= 15 is 0 Å². The monoisotopic (exact) mass is 207 g/mol. The van der Waals surface area contributed by atoms with Crippen LogP contribution in [-0.2, 0) is 0 Å². The maximum Gasteiger partial charge on any atom is 0.113 e. The summed E-state index contributed by atoms with van der Waals surface area (Å²) in [6.45, 7) is 8.23. The van der Waals surface area contributed by atoms with Crippen molar-refractivity contribution in [1.82, 2.24) is 0 Å². The molecular weight excluding hydrogens is 193 g/mol. The van der Waals surface area contributed by atoms with Gasteiger partial charge in [-0.1, -0.05) is 24.2 Å². The van der Waals surface area contributed by atoms with Crippen molar-refractivity contribution in [2.75, 3.05) is 4.90 Å². The molecule has 0 N–H and O–H groups in total.